The number of halogens is 1. The van der Waals surface area contributed by atoms with Crippen LogP contribution in [0.4, 0.5) is 0 Å². The highest BCUT2D eigenvalue weighted by atomic mass is 35.5. The molecule has 1 rings (SSSR count). The Morgan fingerprint density at radius 1 is 1.29 bits per heavy atom. The Labute approximate surface area is 109 Å². The fraction of sp³-hybridized carbons (Fsp3) is 0.467. The van der Waals surface area contributed by atoms with Gasteiger partial charge in [0, 0.05) is 17.9 Å². The van der Waals surface area contributed by atoms with Gasteiger partial charge in [-0.25, -0.2) is 0 Å². The average molecular weight is 251 g/mol. The minimum Gasteiger partial charge on any atom is -0.491 e. The predicted molar refractivity (Wildman–Crippen MR) is 73.7 cm³/mol. The zero-order chi connectivity index (χ0) is 12.5. The van der Waals surface area contributed by atoms with Crippen LogP contribution in [0.15, 0.2) is 24.3 Å². The molecule has 1 aromatic rings. The van der Waals surface area contributed by atoms with E-state index in [9.17, 15) is 0 Å². The maximum Gasteiger partial charge on any atom is 0.119 e. The van der Waals surface area contributed by atoms with Crippen LogP contribution in [0.25, 0.3) is 0 Å². The predicted octanol–water partition coefficient (Wildman–Crippen LogP) is 4.23. The lowest BCUT2D eigenvalue weighted by Gasteiger charge is -2.13. The van der Waals surface area contributed by atoms with Gasteiger partial charge in [-0.15, -0.1) is 11.6 Å². The summed E-state index contributed by atoms with van der Waals surface area (Å²) in [7, 11) is 0. The molecule has 0 bridgehead atoms. The molecule has 0 aromatic heterocycles. The van der Waals surface area contributed by atoms with Crippen molar-refractivity contribution in [3.8, 4) is 17.6 Å². The summed E-state index contributed by atoms with van der Waals surface area (Å²) < 4.78 is 5.77. The fourth-order valence-electron chi connectivity index (χ4n) is 1.53. The Hall–Kier alpha value is -1.13. The smallest absolute Gasteiger partial charge is 0.119 e. The fourth-order valence-corrected chi connectivity index (χ4v) is 1.62. The largest absolute Gasteiger partial charge is 0.491 e. The van der Waals surface area contributed by atoms with E-state index in [4.69, 9.17) is 16.3 Å². The molecular formula is C15H19ClO. The molecule has 0 radical (unpaired) electrons. The molecule has 1 aromatic carbocycles. The van der Waals surface area contributed by atoms with Crippen molar-refractivity contribution in [2.75, 3.05) is 5.88 Å². The van der Waals surface area contributed by atoms with Crippen LogP contribution < -0.4 is 4.74 Å². The third-order valence-corrected chi connectivity index (χ3v) is 2.53. The van der Waals surface area contributed by atoms with Gasteiger partial charge in [0.2, 0.25) is 0 Å². The molecule has 0 aliphatic carbocycles. The van der Waals surface area contributed by atoms with Gasteiger partial charge in [-0.3, -0.25) is 0 Å². The second kappa shape index (κ2) is 8.03. The zero-order valence-corrected chi connectivity index (χ0v) is 11.3. The number of alkyl halides is 1. The minimum atomic E-state index is 0.271. The van der Waals surface area contributed by atoms with E-state index in [0.717, 1.165) is 30.6 Å². The van der Waals surface area contributed by atoms with E-state index in [-0.39, 0.29) is 6.10 Å². The lowest BCUT2D eigenvalue weighted by molar-refractivity contribution is 0.210. The first-order valence-corrected chi connectivity index (χ1v) is 6.61. The number of hydrogen-bond acceptors (Lipinski definition) is 1. The normalized spacial score (nSPS) is 11.5. The van der Waals surface area contributed by atoms with Gasteiger partial charge in [-0.05, 0) is 37.6 Å². The van der Waals surface area contributed by atoms with Gasteiger partial charge in [0.1, 0.15) is 5.75 Å². The lowest BCUT2D eigenvalue weighted by Crippen LogP contribution is -2.10. The van der Waals surface area contributed by atoms with Gasteiger partial charge < -0.3 is 4.74 Å². The molecule has 2 heteroatoms. The van der Waals surface area contributed by atoms with E-state index in [1.165, 1.54) is 0 Å². The van der Waals surface area contributed by atoms with Crippen LogP contribution >= 0.6 is 11.6 Å². The standard InChI is InChI=1S/C15H19ClO/c1-3-6-13(2)17-15-10-8-14(9-11-15)7-4-5-12-16/h8-11,13H,3,5-6,12H2,1-2H3. The number of hydrogen-bond donors (Lipinski definition) is 0. The summed E-state index contributed by atoms with van der Waals surface area (Å²) in [6.07, 6.45) is 3.22. The number of ether oxygens (including phenoxy) is 1. The Morgan fingerprint density at radius 3 is 2.59 bits per heavy atom. The van der Waals surface area contributed by atoms with E-state index in [1.54, 1.807) is 0 Å². The van der Waals surface area contributed by atoms with Gasteiger partial charge >= 0.3 is 0 Å². The quantitative estimate of drug-likeness (QED) is 0.561. The highest BCUT2D eigenvalue weighted by Gasteiger charge is 2.01. The molecule has 0 aliphatic heterocycles. The highest BCUT2D eigenvalue weighted by Crippen LogP contribution is 2.15. The van der Waals surface area contributed by atoms with Crippen LogP contribution in [0.5, 0.6) is 5.75 Å². The van der Waals surface area contributed by atoms with Crippen LogP contribution in [0.3, 0.4) is 0 Å². The van der Waals surface area contributed by atoms with Crippen molar-refractivity contribution < 1.29 is 4.74 Å². The summed E-state index contributed by atoms with van der Waals surface area (Å²) in [6.45, 7) is 4.26. The number of rotatable bonds is 5. The third kappa shape index (κ3) is 5.65. The van der Waals surface area contributed by atoms with Crippen LogP contribution in [0.1, 0.15) is 38.7 Å². The monoisotopic (exact) mass is 250 g/mol. The van der Waals surface area contributed by atoms with Crippen molar-refractivity contribution in [1.29, 1.82) is 0 Å². The Morgan fingerprint density at radius 2 is 2.00 bits per heavy atom. The molecule has 1 nitrogen and oxygen atoms in total. The summed E-state index contributed by atoms with van der Waals surface area (Å²) in [6, 6.07) is 7.90. The molecule has 1 unspecified atom stereocenters. The average Bonchev–Trinajstić information content (AvgIpc) is 2.32. The van der Waals surface area contributed by atoms with Crippen molar-refractivity contribution in [1.82, 2.24) is 0 Å². The summed E-state index contributed by atoms with van der Waals surface area (Å²) in [5.74, 6) is 7.57. The zero-order valence-electron chi connectivity index (χ0n) is 10.5. The minimum absolute atomic E-state index is 0.271. The van der Waals surface area contributed by atoms with Crippen LogP contribution in [0.2, 0.25) is 0 Å². The van der Waals surface area contributed by atoms with E-state index >= 15 is 0 Å². The van der Waals surface area contributed by atoms with Gasteiger partial charge in [0.25, 0.3) is 0 Å². The first kappa shape index (κ1) is 13.9. The molecule has 92 valence electrons. The van der Waals surface area contributed by atoms with Gasteiger partial charge in [-0.1, -0.05) is 25.2 Å². The summed E-state index contributed by atoms with van der Waals surface area (Å²) in [5.41, 5.74) is 1.01. The molecule has 0 heterocycles. The lowest BCUT2D eigenvalue weighted by atomic mass is 10.2. The summed E-state index contributed by atoms with van der Waals surface area (Å²) in [5, 5.41) is 0. The summed E-state index contributed by atoms with van der Waals surface area (Å²) in [4.78, 5) is 0. The molecule has 1 atom stereocenters. The molecule has 0 spiro atoms. The molecule has 0 N–H and O–H groups in total. The van der Waals surface area contributed by atoms with Gasteiger partial charge in [-0.2, -0.15) is 0 Å². The second-order valence-corrected chi connectivity index (χ2v) is 4.36. The highest BCUT2D eigenvalue weighted by molar-refractivity contribution is 6.18. The topological polar surface area (TPSA) is 9.23 Å². The molecule has 0 fully saturated rings. The van der Waals surface area contributed by atoms with Crippen LogP contribution in [0, 0.1) is 11.8 Å². The molecule has 0 aliphatic rings. The Kier molecular flexibility index (Phi) is 6.58. The van der Waals surface area contributed by atoms with Crippen molar-refractivity contribution in [2.45, 2.75) is 39.2 Å². The molecule has 0 amide bonds. The van der Waals surface area contributed by atoms with Crippen molar-refractivity contribution in [3.05, 3.63) is 29.8 Å². The van der Waals surface area contributed by atoms with E-state index in [1.807, 2.05) is 24.3 Å². The first-order valence-electron chi connectivity index (χ1n) is 6.07. The number of benzene rings is 1. The maximum atomic E-state index is 5.77. The second-order valence-electron chi connectivity index (χ2n) is 3.98. The van der Waals surface area contributed by atoms with Crippen LogP contribution in [-0.2, 0) is 0 Å². The molecule has 0 saturated heterocycles. The Bertz CT molecular complexity index is 372. The first-order chi connectivity index (χ1) is 8.26. The van der Waals surface area contributed by atoms with E-state index in [2.05, 4.69) is 25.7 Å². The maximum absolute atomic E-state index is 5.77. The van der Waals surface area contributed by atoms with E-state index in [0.29, 0.717) is 5.88 Å². The van der Waals surface area contributed by atoms with Crippen molar-refractivity contribution in [3.63, 3.8) is 0 Å². The Balaban J connectivity index is 2.53. The third-order valence-electron chi connectivity index (χ3n) is 2.34. The van der Waals surface area contributed by atoms with Crippen LogP contribution in [-0.4, -0.2) is 12.0 Å². The summed E-state index contributed by atoms with van der Waals surface area (Å²) >= 11 is 5.56. The van der Waals surface area contributed by atoms with Gasteiger partial charge in [0.15, 0.2) is 0 Å². The molecular weight excluding hydrogens is 232 g/mol. The molecule has 17 heavy (non-hydrogen) atoms. The van der Waals surface area contributed by atoms with Crippen molar-refractivity contribution >= 4 is 11.6 Å². The molecule has 0 saturated carbocycles. The van der Waals surface area contributed by atoms with Crippen molar-refractivity contribution in [2.24, 2.45) is 0 Å². The van der Waals surface area contributed by atoms with E-state index < -0.39 is 0 Å². The SMILES string of the molecule is CCCC(C)Oc1ccc(C#CCCCl)cc1. The van der Waals surface area contributed by atoms with Gasteiger partial charge in [0.05, 0.1) is 6.10 Å².